The summed E-state index contributed by atoms with van der Waals surface area (Å²) in [5.41, 5.74) is 5.86. The summed E-state index contributed by atoms with van der Waals surface area (Å²) in [7, 11) is 0. The number of aromatic nitrogens is 1. The van der Waals surface area contributed by atoms with Crippen molar-refractivity contribution in [2.24, 2.45) is 5.10 Å². The number of thiazole rings is 1. The number of aryl methyl sites for hydroxylation is 1. The van der Waals surface area contributed by atoms with Crippen LogP contribution in [0.2, 0.25) is 0 Å². The first kappa shape index (κ1) is 20.7. The number of hydrogen-bond acceptors (Lipinski definition) is 7. The van der Waals surface area contributed by atoms with Crippen molar-refractivity contribution >= 4 is 22.7 Å². The average Bonchev–Trinajstić information content (AvgIpc) is 3.14. The van der Waals surface area contributed by atoms with Gasteiger partial charge in [-0.05, 0) is 56.2 Å². The molecule has 2 aromatic carbocycles. The van der Waals surface area contributed by atoms with Gasteiger partial charge in [-0.25, -0.2) is 4.98 Å². The third-order valence-electron chi connectivity index (χ3n) is 3.86. The Morgan fingerprint density at radius 3 is 2.62 bits per heavy atom. The van der Waals surface area contributed by atoms with E-state index in [2.05, 4.69) is 15.5 Å². The van der Waals surface area contributed by atoms with Crippen LogP contribution in [0.15, 0.2) is 52.9 Å². The average molecular weight is 412 g/mol. The highest BCUT2D eigenvalue weighted by molar-refractivity contribution is 7.13. The molecule has 0 radical (unpaired) electrons. The van der Waals surface area contributed by atoms with Crippen LogP contribution >= 0.6 is 11.3 Å². The lowest BCUT2D eigenvalue weighted by molar-refractivity contribution is 0.283. The minimum Gasteiger partial charge on any atom is -0.490 e. The smallest absolute Gasteiger partial charge is 0.203 e. The van der Waals surface area contributed by atoms with Crippen LogP contribution in [0.4, 0.5) is 5.13 Å². The molecule has 152 valence electrons. The highest BCUT2D eigenvalue weighted by atomic mass is 32.1. The topological polar surface area (TPSA) is 65.0 Å². The summed E-state index contributed by atoms with van der Waals surface area (Å²) in [5.74, 6) is 2.25. The van der Waals surface area contributed by atoms with Crippen molar-refractivity contribution < 1.29 is 14.2 Å². The van der Waals surface area contributed by atoms with Gasteiger partial charge in [0.2, 0.25) is 5.13 Å². The highest BCUT2D eigenvalue weighted by Gasteiger charge is 2.07. The van der Waals surface area contributed by atoms with Crippen LogP contribution in [0.1, 0.15) is 30.7 Å². The monoisotopic (exact) mass is 411 g/mol. The van der Waals surface area contributed by atoms with Crippen LogP contribution < -0.4 is 19.6 Å². The zero-order valence-corrected chi connectivity index (χ0v) is 17.7. The molecule has 0 aliphatic heterocycles. The molecule has 0 aliphatic carbocycles. The maximum absolute atomic E-state index is 5.94. The largest absolute Gasteiger partial charge is 0.490 e. The van der Waals surface area contributed by atoms with Gasteiger partial charge < -0.3 is 14.2 Å². The Hall–Kier alpha value is -3.06. The number of hydrogen-bond donors (Lipinski definition) is 1. The van der Waals surface area contributed by atoms with Crippen LogP contribution in [-0.2, 0) is 6.61 Å². The first-order valence-corrected chi connectivity index (χ1v) is 10.4. The van der Waals surface area contributed by atoms with E-state index in [0.717, 1.165) is 39.2 Å². The molecule has 0 atom stereocenters. The van der Waals surface area contributed by atoms with E-state index < -0.39 is 0 Å². The molecule has 6 nitrogen and oxygen atoms in total. The summed E-state index contributed by atoms with van der Waals surface area (Å²) in [6, 6.07) is 13.6. The Balaban J connectivity index is 1.60. The van der Waals surface area contributed by atoms with E-state index >= 15 is 0 Å². The maximum Gasteiger partial charge on any atom is 0.203 e. The van der Waals surface area contributed by atoms with Crippen LogP contribution in [0, 0.1) is 6.92 Å². The first-order valence-electron chi connectivity index (χ1n) is 9.50. The van der Waals surface area contributed by atoms with E-state index in [9.17, 15) is 0 Å². The van der Waals surface area contributed by atoms with Crippen molar-refractivity contribution in [1.82, 2.24) is 4.98 Å². The number of benzene rings is 2. The van der Waals surface area contributed by atoms with E-state index in [4.69, 9.17) is 14.2 Å². The van der Waals surface area contributed by atoms with E-state index in [1.54, 1.807) is 6.21 Å². The lowest BCUT2D eigenvalue weighted by atomic mass is 10.2. The molecule has 0 amide bonds. The van der Waals surface area contributed by atoms with E-state index in [0.29, 0.717) is 19.8 Å². The van der Waals surface area contributed by atoms with Gasteiger partial charge in [0, 0.05) is 5.38 Å². The normalized spacial score (nSPS) is 10.9. The zero-order chi connectivity index (χ0) is 20.5. The fraction of sp³-hybridized carbons (Fsp3) is 0.273. The molecule has 7 heteroatoms. The second-order valence-electron chi connectivity index (χ2n) is 6.17. The van der Waals surface area contributed by atoms with Gasteiger partial charge in [-0.3, -0.25) is 5.43 Å². The molecule has 0 bridgehead atoms. The number of anilines is 1. The summed E-state index contributed by atoms with van der Waals surface area (Å²) in [4.78, 5) is 4.31. The minimum absolute atomic E-state index is 0.434. The molecule has 29 heavy (non-hydrogen) atoms. The first-order chi connectivity index (χ1) is 14.2. The summed E-state index contributed by atoms with van der Waals surface area (Å²) in [6.45, 7) is 7.48. The zero-order valence-electron chi connectivity index (χ0n) is 16.8. The second kappa shape index (κ2) is 10.5. The molecule has 0 saturated carbocycles. The van der Waals surface area contributed by atoms with Gasteiger partial charge in [0.1, 0.15) is 12.4 Å². The Morgan fingerprint density at radius 1 is 1.03 bits per heavy atom. The van der Waals surface area contributed by atoms with Gasteiger partial charge >= 0.3 is 0 Å². The molecule has 1 N–H and O–H groups in total. The SMILES string of the molecule is CCOc1ccc(COc2cccc(C=NNc3nc(C)cs3)c2)cc1OCC. The van der Waals surface area contributed by atoms with Crippen LogP contribution in [0.5, 0.6) is 17.2 Å². The maximum atomic E-state index is 5.94. The molecule has 0 spiro atoms. The van der Waals surface area contributed by atoms with Crippen molar-refractivity contribution in [2.75, 3.05) is 18.6 Å². The molecule has 3 aromatic rings. The van der Waals surface area contributed by atoms with Crippen LogP contribution in [0.25, 0.3) is 0 Å². The Labute approximate surface area is 175 Å². The van der Waals surface area contributed by atoms with Crippen molar-refractivity contribution in [3.8, 4) is 17.2 Å². The summed E-state index contributed by atoms with van der Waals surface area (Å²) >= 11 is 1.52. The summed E-state index contributed by atoms with van der Waals surface area (Å²) in [6.07, 6.45) is 1.74. The number of ether oxygens (including phenoxy) is 3. The molecular formula is C22H25N3O3S. The fourth-order valence-corrected chi connectivity index (χ4v) is 3.24. The number of nitrogens with zero attached hydrogens (tertiary/aromatic N) is 2. The molecule has 0 saturated heterocycles. The van der Waals surface area contributed by atoms with Gasteiger partial charge in [-0.15, -0.1) is 11.3 Å². The highest BCUT2D eigenvalue weighted by Crippen LogP contribution is 2.29. The Kier molecular flexibility index (Phi) is 7.47. The standard InChI is InChI=1S/C22H25N3O3S/c1-4-26-20-10-9-18(12-21(20)27-5-2)14-28-19-8-6-7-17(11-19)13-23-25-22-24-16(3)15-29-22/h6-13,15H,4-5,14H2,1-3H3,(H,24,25). The molecule has 0 aliphatic rings. The van der Waals surface area contributed by atoms with Gasteiger partial charge in [0.25, 0.3) is 0 Å². The Bertz CT molecular complexity index is 956. The fourth-order valence-electron chi connectivity index (χ4n) is 2.60. The van der Waals surface area contributed by atoms with Crippen molar-refractivity contribution in [1.29, 1.82) is 0 Å². The molecule has 3 rings (SSSR count). The van der Waals surface area contributed by atoms with Gasteiger partial charge in [0.05, 0.1) is 25.1 Å². The van der Waals surface area contributed by atoms with Crippen LogP contribution in [-0.4, -0.2) is 24.4 Å². The third-order valence-corrected chi connectivity index (χ3v) is 4.73. The summed E-state index contributed by atoms with van der Waals surface area (Å²) < 4.78 is 17.2. The minimum atomic E-state index is 0.434. The van der Waals surface area contributed by atoms with Gasteiger partial charge in [-0.2, -0.15) is 5.10 Å². The lowest BCUT2D eigenvalue weighted by Gasteiger charge is -2.13. The quantitative estimate of drug-likeness (QED) is 0.363. The van der Waals surface area contributed by atoms with Gasteiger partial charge in [0.15, 0.2) is 11.5 Å². The molecule has 0 fully saturated rings. The molecular weight excluding hydrogens is 386 g/mol. The molecule has 1 heterocycles. The number of rotatable bonds is 10. The predicted octanol–water partition coefficient (Wildman–Crippen LogP) is 5.27. The Morgan fingerprint density at radius 2 is 1.86 bits per heavy atom. The summed E-state index contributed by atoms with van der Waals surface area (Å²) in [5, 5.41) is 6.98. The van der Waals surface area contributed by atoms with Gasteiger partial charge in [-0.1, -0.05) is 18.2 Å². The van der Waals surface area contributed by atoms with E-state index in [-0.39, 0.29) is 0 Å². The molecule has 1 aromatic heterocycles. The van der Waals surface area contributed by atoms with Crippen molar-refractivity contribution in [3.63, 3.8) is 0 Å². The third kappa shape index (κ3) is 6.22. The number of nitrogens with one attached hydrogen (secondary N) is 1. The van der Waals surface area contributed by atoms with E-state index in [1.165, 1.54) is 11.3 Å². The second-order valence-corrected chi connectivity index (χ2v) is 7.03. The number of hydrazone groups is 1. The molecule has 0 unspecified atom stereocenters. The lowest BCUT2D eigenvalue weighted by Crippen LogP contribution is -2.01. The predicted molar refractivity (Wildman–Crippen MR) is 118 cm³/mol. The van der Waals surface area contributed by atoms with E-state index in [1.807, 2.05) is 68.6 Å². The van der Waals surface area contributed by atoms with Crippen molar-refractivity contribution in [2.45, 2.75) is 27.4 Å². The van der Waals surface area contributed by atoms with Crippen molar-refractivity contribution in [3.05, 3.63) is 64.7 Å². The van der Waals surface area contributed by atoms with Crippen LogP contribution in [0.3, 0.4) is 0 Å².